The van der Waals surface area contributed by atoms with E-state index in [0.29, 0.717) is 5.13 Å². The fraction of sp³-hybridized carbons (Fsp3) is 0.176. The van der Waals surface area contributed by atoms with Crippen LogP contribution >= 0.6 is 11.3 Å². The Morgan fingerprint density at radius 1 is 1.08 bits per heavy atom. The standard InChI is InChI=1S/C17H14F3N3OS/c1-9-6-7-10(2)14-13(9)22-16(25-14)23-15(24)21-12-5-3-4-11(8-12)17(18,19)20/h3-8H,1-2H3,(H2,21,22,23,24). The Labute approximate surface area is 145 Å². The van der Waals surface area contributed by atoms with Gasteiger partial charge in [-0.15, -0.1) is 0 Å². The van der Waals surface area contributed by atoms with Crippen molar-refractivity contribution in [1.29, 1.82) is 0 Å². The van der Waals surface area contributed by atoms with Gasteiger partial charge in [0.2, 0.25) is 0 Å². The Kier molecular flexibility index (Phi) is 4.38. The van der Waals surface area contributed by atoms with E-state index in [0.717, 1.165) is 33.5 Å². The quantitative estimate of drug-likeness (QED) is 0.623. The van der Waals surface area contributed by atoms with E-state index in [-0.39, 0.29) is 5.69 Å². The Bertz CT molecular complexity index is 911. The number of carbonyl (C=O) groups is 1. The number of carbonyl (C=O) groups excluding carboxylic acids is 1. The highest BCUT2D eigenvalue weighted by Crippen LogP contribution is 2.32. The van der Waals surface area contributed by atoms with E-state index >= 15 is 0 Å². The summed E-state index contributed by atoms with van der Waals surface area (Å²) in [4.78, 5) is 16.4. The molecule has 2 N–H and O–H groups in total. The van der Waals surface area contributed by atoms with Gasteiger partial charge in [0.1, 0.15) is 0 Å². The number of halogens is 3. The Hall–Kier alpha value is -2.61. The minimum Gasteiger partial charge on any atom is -0.308 e. The lowest BCUT2D eigenvalue weighted by molar-refractivity contribution is -0.137. The number of thiazole rings is 1. The minimum atomic E-state index is -4.46. The number of benzene rings is 2. The lowest BCUT2D eigenvalue weighted by Crippen LogP contribution is -2.19. The van der Waals surface area contributed by atoms with Gasteiger partial charge in [-0.1, -0.05) is 29.5 Å². The highest BCUT2D eigenvalue weighted by atomic mass is 32.1. The second-order valence-corrected chi connectivity index (χ2v) is 6.55. The number of alkyl halides is 3. The molecule has 25 heavy (non-hydrogen) atoms. The lowest BCUT2D eigenvalue weighted by Gasteiger charge is -2.09. The summed E-state index contributed by atoms with van der Waals surface area (Å²) in [6.45, 7) is 3.88. The maximum Gasteiger partial charge on any atom is 0.416 e. The summed E-state index contributed by atoms with van der Waals surface area (Å²) in [5.41, 5.74) is 2.07. The number of amides is 2. The van der Waals surface area contributed by atoms with Gasteiger partial charge in [-0.2, -0.15) is 13.2 Å². The molecule has 0 unspecified atom stereocenters. The molecule has 0 aliphatic rings. The number of aromatic nitrogens is 1. The van der Waals surface area contributed by atoms with Gasteiger partial charge in [0, 0.05) is 5.69 Å². The van der Waals surface area contributed by atoms with Crippen molar-refractivity contribution in [1.82, 2.24) is 4.98 Å². The maximum atomic E-state index is 12.7. The van der Waals surface area contributed by atoms with Crippen LogP contribution in [0, 0.1) is 13.8 Å². The number of nitrogens with one attached hydrogen (secondary N) is 2. The van der Waals surface area contributed by atoms with Crippen LogP contribution < -0.4 is 10.6 Å². The van der Waals surface area contributed by atoms with Crippen LogP contribution in [0.15, 0.2) is 36.4 Å². The van der Waals surface area contributed by atoms with Crippen molar-refractivity contribution < 1.29 is 18.0 Å². The van der Waals surface area contributed by atoms with Gasteiger partial charge in [-0.25, -0.2) is 9.78 Å². The summed E-state index contributed by atoms with van der Waals surface area (Å²) in [5, 5.41) is 5.35. The number of hydrogen-bond donors (Lipinski definition) is 2. The van der Waals surface area contributed by atoms with Crippen LogP contribution in [-0.4, -0.2) is 11.0 Å². The zero-order valence-electron chi connectivity index (χ0n) is 13.4. The van der Waals surface area contributed by atoms with E-state index in [1.807, 2.05) is 26.0 Å². The fourth-order valence-corrected chi connectivity index (χ4v) is 3.35. The molecule has 130 valence electrons. The zero-order valence-corrected chi connectivity index (χ0v) is 14.2. The Morgan fingerprint density at radius 2 is 1.80 bits per heavy atom. The Morgan fingerprint density at radius 3 is 2.48 bits per heavy atom. The molecule has 0 saturated carbocycles. The highest BCUT2D eigenvalue weighted by molar-refractivity contribution is 7.22. The molecule has 3 aromatic rings. The number of urea groups is 1. The van der Waals surface area contributed by atoms with E-state index in [4.69, 9.17) is 0 Å². The number of aryl methyl sites for hydroxylation is 2. The van der Waals surface area contributed by atoms with Crippen LogP contribution in [0.4, 0.5) is 28.8 Å². The third kappa shape index (κ3) is 3.74. The molecule has 1 heterocycles. The van der Waals surface area contributed by atoms with Crippen LogP contribution in [0.25, 0.3) is 10.2 Å². The first-order chi connectivity index (χ1) is 11.7. The van der Waals surface area contributed by atoms with Crippen LogP contribution in [0.3, 0.4) is 0 Å². The third-order valence-corrected chi connectivity index (χ3v) is 4.72. The monoisotopic (exact) mass is 365 g/mol. The van der Waals surface area contributed by atoms with Crippen LogP contribution in [0.5, 0.6) is 0 Å². The van der Waals surface area contributed by atoms with Crippen LogP contribution in [0.2, 0.25) is 0 Å². The molecule has 0 aliphatic carbocycles. The van der Waals surface area contributed by atoms with Crippen molar-refractivity contribution in [2.24, 2.45) is 0 Å². The zero-order chi connectivity index (χ0) is 18.2. The molecule has 0 radical (unpaired) electrons. The molecule has 8 heteroatoms. The van der Waals surface area contributed by atoms with E-state index in [1.54, 1.807) is 0 Å². The van der Waals surface area contributed by atoms with E-state index in [2.05, 4.69) is 15.6 Å². The van der Waals surface area contributed by atoms with Gasteiger partial charge in [0.25, 0.3) is 0 Å². The normalized spacial score (nSPS) is 11.6. The van der Waals surface area contributed by atoms with E-state index < -0.39 is 17.8 Å². The number of nitrogens with zero attached hydrogens (tertiary/aromatic N) is 1. The minimum absolute atomic E-state index is 0.0563. The molecule has 1 aromatic heterocycles. The number of hydrogen-bond acceptors (Lipinski definition) is 3. The molecule has 0 bridgehead atoms. The fourth-order valence-electron chi connectivity index (χ4n) is 2.35. The number of anilines is 2. The van der Waals surface area contributed by atoms with Crippen molar-refractivity contribution in [3.8, 4) is 0 Å². The molecule has 0 atom stereocenters. The second-order valence-electron chi connectivity index (χ2n) is 5.55. The predicted octanol–water partition coefficient (Wildman–Crippen LogP) is 5.58. The summed E-state index contributed by atoms with van der Waals surface area (Å²) in [5.74, 6) is 0. The van der Waals surface area contributed by atoms with E-state index in [9.17, 15) is 18.0 Å². The van der Waals surface area contributed by atoms with Gasteiger partial charge in [0.05, 0.1) is 15.8 Å². The summed E-state index contributed by atoms with van der Waals surface area (Å²) < 4.78 is 39.1. The summed E-state index contributed by atoms with van der Waals surface area (Å²) in [6.07, 6.45) is -4.46. The first kappa shape index (κ1) is 17.2. The largest absolute Gasteiger partial charge is 0.416 e. The third-order valence-electron chi connectivity index (χ3n) is 3.61. The van der Waals surface area contributed by atoms with Gasteiger partial charge in [0.15, 0.2) is 5.13 Å². The average Bonchev–Trinajstić information content (AvgIpc) is 2.95. The smallest absolute Gasteiger partial charge is 0.308 e. The van der Waals surface area contributed by atoms with Crippen molar-refractivity contribution in [2.45, 2.75) is 20.0 Å². The number of fused-ring (bicyclic) bond motifs is 1. The first-order valence-electron chi connectivity index (χ1n) is 7.36. The van der Waals surface area contributed by atoms with Crippen LogP contribution in [0.1, 0.15) is 16.7 Å². The van der Waals surface area contributed by atoms with Crippen molar-refractivity contribution in [2.75, 3.05) is 10.6 Å². The molecule has 3 rings (SSSR count). The summed E-state index contributed by atoms with van der Waals surface area (Å²) >= 11 is 1.32. The highest BCUT2D eigenvalue weighted by Gasteiger charge is 2.30. The van der Waals surface area contributed by atoms with Gasteiger partial charge in [-0.3, -0.25) is 5.32 Å². The van der Waals surface area contributed by atoms with E-state index in [1.165, 1.54) is 23.5 Å². The topological polar surface area (TPSA) is 54.0 Å². The molecule has 4 nitrogen and oxygen atoms in total. The second kappa shape index (κ2) is 6.36. The molecule has 0 saturated heterocycles. The molecule has 0 aliphatic heterocycles. The van der Waals surface area contributed by atoms with Crippen molar-refractivity contribution >= 4 is 38.4 Å². The van der Waals surface area contributed by atoms with Gasteiger partial charge >= 0.3 is 12.2 Å². The summed E-state index contributed by atoms with van der Waals surface area (Å²) in [7, 11) is 0. The van der Waals surface area contributed by atoms with Crippen molar-refractivity contribution in [3.05, 3.63) is 53.1 Å². The molecule has 2 amide bonds. The molecular formula is C17H14F3N3OS. The summed E-state index contributed by atoms with van der Waals surface area (Å²) in [6, 6.07) is 7.74. The molecule has 0 spiro atoms. The molecular weight excluding hydrogens is 351 g/mol. The molecule has 0 fully saturated rings. The van der Waals surface area contributed by atoms with Crippen LogP contribution in [-0.2, 0) is 6.18 Å². The van der Waals surface area contributed by atoms with Gasteiger partial charge in [-0.05, 0) is 43.2 Å². The van der Waals surface area contributed by atoms with Gasteiger partial charge < -0.3 is 5.32 Å². The first-order valence-corrected chi connectivity index (χ1v) is 8.18. The number of rotatable bonds is 2. The maximum absolute atomic E-state index is 12.7. The predicted molar refractivity (Wildman–Crippen MR) is 93.2 cm³/mol. The Balaban J connectivity index is 1.77. The SMILES string of the molecule is Cc1ccc(C)c2sc(NC(=O)Nc3cccc(C(F)(F)F)c3)nc12. The van der Waals surface area contributed by atoms with Crippen molar-refractivity contribution in [3.63, 3.8) is 0 Å². The molecule has 2 aromatic carbocycles. The average molecular weight is 365 g/mol. The lowest BCUT2D eigenvalue weighted by atomic mass is 10.1.